The summed E-state index contributed by atoms with van der Waals surface area (Å²) in [5, 5.41) is 19.2. The van der Waals surface area contributed by atoms with E-state index < -0.39 is 12.0 Å². The molecule has 6 N–H and O–H groups in total. The number of aromatic amines is 2. The van der Waals surface area contributed by atoms with Gasteiger partial charge in [0, 0.05) is 80.4 Å². The molecular formula is C38H34N6O6S2. The van der Waals surface area contributed by atoms with E-state index in [0.29, 0.717) is 46.7 Å². The van der Waals surface area contributed by atoms with Gasteiger partial charge in [0.2, 0.25) is 5.91 Å². The highest BCUT2D eigenvalue weighted by molar-refractivity contribution is 8.76. The fourth-order valence-corrected chi connectivity index (χ4v) is 9.62. The van der Waals surface area contributed by atoms with Crippen LogP contribution in [-0.2, 0) is 15.0 Å². The summed E-state index contributed by atoms with van der Waals surface area (Å²) < 4.78 is 0. The fraction of sp³-hybridized carbons (Fsp3) is 0.237. The number of likely N-dealkylation sites (tertiary alicyclic amines) is 1. The molecule has 1 aliphatic heterocycles. The maximum Gasteiger partial charge on any atom is 0.321 e. The molecule has 3 aliphatic rings. The number of anilines is 2. The summed E-state index contributed by atoms with van der Waals surface area (Å²) in [4.78, 5) is 71.7. The number of aliphatic carboxylic acids is 1. The first-order chi connectivity index (χ1) is 25.1. The van der Waals surface area contributed by atoms with Crippen molar-refractivity contribution in [1.29, 1.82) is 0 Å². The number of H-pyrrole nitrogens is 2. The molecule has 5 aromatic rings. The lowest BCUT2D eigenvalue weighted by Crippen LogP contribution is -2.35. The van der Waals surface area contributed by atoms with Crippen LogP contribution >= 0.6 is 21.6 Å². The van der Waals surface area contributed by atoms with Crippen molar-refractivity contribution in [2.75, 3.05) is 35.7 Å². The first kappa shape index (κ1) is 33.8. The Bertz CT molecular complexity index is 2350. The molecule has 1 saturated heterocycles. The maximum atomic E-state index is 13.8. The van der Waals surface area contributed by atoms with Gasteiger partial charge in [0.05, 0.1) is 0 Å². The van der Waals surface area contributed by atoms with Gasteiger partial charge in [-0.05, 0) is 73.5 Å². The van der Waals surface area contributed by atoms with Crippen molar-refractivity contribution in [2.24, 2.45) is 5.92 Å². The Kier molecular flexibility index (Phi) is 8.68. The second-order valence-electron chi connectivity index (χ2n) is 13.2. The number of fused-ring (bicyclic) bond motifs is 3. The van der Waals surface area contributed by atoms with Gasteiger partial charge in [0.1, 0.15) is 17.4 Å². The molecule has 2 aliphatic carbocycles. The van der Waals surface area contributed by atoms with Crippen molar-refractivity contribution < 1.29 is 29.1 Å². The van der Waals surface area contributed by atoms with Crippen molar-refractivity contribution >= 4 is 84.2 Å². The standard InChI is InChI=1S/C38H34N6O6S2/c1-39-31(37(49)50)19-52-51-11-10-34(46)40-23-6-8-27-20(12-23)14-29(42-27)35(47)41-24-7-9-28-21(13-24)15-30(43-28)36(48)44-18-22-17-38(22)26-5-3-2-4-25(26)32(45)16-33(38)44/h2-9,12-16,22,31,39,42-43H,10-11,17-19H2,1H3,(H,40,46)(H,41,47)(H,49,50)/t22?,31-,38?/m0/s1. The number of hydrogen-bond acceptors (Lipinski definition) is 8. The number of carboxylic acid groups (broad SMARTS) is 1. The lowest BCUT2D eigenvalue weighted by molar-refractivity contribution is -0.138. The van der Waals surface area contributed by atoms with E-state index in [1.165, 1.54) is 21.6 Å². The normalized spacial score (nSPS) is 19.1. The van der Waals surface area contributed by atoms with Crippen LogP contribution in [0.25, 0.3) is 21.8 Å². The number of nitrogens with one attached hydrogen (secondary N) is 5. The number of aromatic nitrogens is 2. The largest absolute Gasteiger partial charge is 0.480 e. The van der Waals surface area contributed by atoms with Crippen molar-refractivity contribution in [3.63, 3.8) is 0 Å². The fourth-order valence-electron chi connectivity index (χ4n) is 7.39. The number of nitrogens with zero attached hydrogens (tertiary/aromatic N) is 1. The number of hydrogen-bond donors (Lipinski definition) is 6. The molecule has 52 heavy (non-hydrogen) atoms. The van der Waals surface area contributed by atoms with Crippen molar-refractivity contribution in [2.45, 2.75) is 24.3 Å². The Balaban J connectivity index is 0.893. The predicted octanol–water partition coefficient (Wildman–Crippen LogP) is 5.78. The lowest BCUT2D eigenvalue weighted by atomic mass is 9.81. The average molecular weight is 735 g/mol. The SMILES string of the molecule is CN[C@@H](CSSCCC(=O)Nc1ccc2[nH]c(C(=O)Nc3ccc4[nH]c(C(=O)N5CC6CC67C5=CC(=O)c5ccccc57)cc4c3)cc2c1)C(=O)O. The van der Waals surface area contributed by atoms with Crippen LogP contribution in [-0.4, -0.2) is 80.6 Å². The molecule has 3 heterocycles. The summed E-state index contributed by atoms with van der Waals surface area (Å²) in [5.74, 6) is -0.461. The van der Waals surface area contributed by atoms with E-state index in [1.54, 1.807) is 60.5 Å². The summed E-state index contributed by atoms with van der Waals surface area (Å²) in [5.41, 5.74) is 5.67. The van der Waals surface area contributed by atoms with Gasteiger partial charge >= 0.3 is 5.97 Å². The minimum atomic E-state index is -0.909. The van der Waals surface area contributed by atoms with Crippen LogP contribution in [0.3, 0.4) is 0 Å². The van der Waals surface area contributed by atoms with Crippen LogP contribution in [0, 0.1) is 5.92 Å². The highest BCUT2D eigenvalue weighted by Gasteiger charge is 2.67. The Morgan fingerprint density at radius 3 is 2.35 bits per heavy atom. The van der Waals surface area contributed by atoms with Crippen LogP contribution in [0.1, 0.15) is 49.7 Å². The van der Waals surface area contributed by atoms with Gasteiger partial charge in [0.15, 0.2) is 5.78 Å². The number of amides is 3. The summed E-state index contributed by atoms with van der Waals surface area (Å²) in [6, 6.07) is 21.3. The molecule has 14 heteroatoms. The third kappa shape index (κ3) is 6.06. The van der Waals surface area contributed by atoms with Gasteiger partial charge in [0.25, 0.3) is 11.8 Å². The lowest BCUT2D eigenvalue weighted by Gasteiger charge is -2.29. The molecular weight excluding hydrogens is 701 g/mol. The van der Waals surface area contributed by atoms with E-state index in [9.17, 15) is 24.0 Å². The van der Waals surface area contributed by atoms with E-state index in [-0.39, 0.29) is 35.3 Å². The number of allylic oxidation sites excluding steroid dienone is 2. The minimum absolute atomic E-state index is 0.0717. The molecule has 0 radical (unpaired) electrons. The number of carbonyl (C=O) groups is 5. The Morgan fingerprint density at radius 1 is 0.923 bits per heavy atom. The molecule has 1 spiro atoms. The zero-order chi connectivity index (χ0) is 36.1. The summed E-state index contributed by atoms with van der Waals surface area (Å²) >= 11 is 0. The smallest absolute Gasteiger partial charge is 0.321 e. The van der Waals surface area contributed by atoms with E-state index in [0.717, 1.165) is 45.1 Å². The van der Waals surface area contributed by atoms with Crippen molar-refractivity contribution in [3.05, 3.63) is 107 Å². The predicted molar refractivity (Wildman–Crippen MR) is 203 cm³/mol. The van der Waals surface area contributed by atoms with E-state index in [1.807, 2.05) is 30.3 Å². The second-order valence-corrected chi connectivity index (χ2v) is 15.9. The van der Waals surface area contributed by atoms with Gasteiger partial charge in [-0.3, -0.25) is 24.0 Å². The van der Waals surface area contributed by atoms with Crippen molar-refractivity contribution in [3.8, 4) is 0 Å². The highest BCUT2D eigenvalue weighted by atomic mass is 33.1. The summed E-state index contributed by atoms with van der Waals surface area (Å²) in [6.07, 6.45) is 2.84. The Hall–Kier alpha value is -5.31. The molecule has 12 nitrogen and oxygen atoms in total. The topological polar surface area (TPSA) is 176 Å². The maximum absolute atomic E-state index is 13.8. The second kappa shape index (κ2) is 13.3. The molecule has 1 saturated carbocycles. The van der Waals surface area contributed by atoms with Crippen LogP contribution in [0.4, 0.5) is 11.4 Å². The van der Waals surface area contributed by atoms with Gasteiger partial charge in [-0.25, -0.2) is 0 Å². The quantitative estimate of drug-likeness (QED) is 0.0686. The molecule has 3 atom stereocenters. The van der Waals surface area contributed by atoms with Crippen molar-refractivity contribution in [1.82, 2.24) is 20.2 Å². The number of carboxylic acids is 1. The van der Waals surface area contributed by atoms with E-state index in [2.05, 4.69) is 25.9 Å². The zero-order valence-corrected chi connectivity index (χ0v) is 29.6. The highest BCUT2D eigenvalue weighted by Crippen LogP contribution is 2.66. The minimum Gasteiger partial charge on any atom is -0.480 e. The number of rotatable bonds is 12. The van der Waals surface area contributed by atoms with Crippen LogP contribution in [0.2, 0.25) is 0 Å². The Morgan fingerprint density at radius 2 is 1.62 bits per heavy atom. The monoisotopic (exact) mass is 734 g/mol. The Labute approximate surface area is 305 Å². The van der Waals surface area contributed by atoms with E-state index >= 15 is 0 Å². The molecule has 2 fully saturated rings. The first-order valence-corrected chi connectivity index (χ1v) is 19.3. The zero-order valence-electron chi connectivity index (χ0n) is 27.9. The third-order valence-electron chi connectivity index (χ3n) is 10.1. The van der Waals surface area contributed by atoms with Gasteiger partial charge in [-0.2, -0.15) is 0 Å². The molecule has 264 valence electrons. The van der Waals surface area contributed by atoms with E-state index in [4.69, 9.17) is 5.11 Å². The summed E-state index contributed by atoms with van der Waals surface area (Å²) in [7, 11) is 4.45. The van der Waals surface area contributed by atoms with Crippen LogP contribution in [0.5, 0.6) is 0 Å². The molecule has 2 aromatic heterocycles. The van der Waals surface area contributed by atoms with Crippen LogP contribution < -0.4 is 16.0 Å². The number of likely N-dealkylation sites (N-methyl/N-ethyl adjacent to an activating group) is 1. The molecule has 3 amide bonds. The van der Waals surface area contributed by atoms with Gasteiger partial charge in [-0.15, -0.1) is 0 Å². The molecule has 8 rings (SSSR count). The summed E-state index contributed by atoms with van der Waals surface area (Å²) in [6.45, 7) is 0.565. The number of ketones is 1. The van der Waals surface area contributed by atoms with Crippen LogP contribution in [0.15, 0.2) is 84.6 Å². The molecule has 0 bridgehead atoms. The molecule has 2 unspecified atom stereocenters. The third-order valence-corrected chi connectivity index (χ3v) is 12.5. The average Bonchev–Trinajstić information content (AvgIpc) is 3.40. The number of benzene rings is 3. The first-order valence-electron chi connectivity index (χ1n) is 16.8. The van der Waals surface area contributed by atoms with Gasteiger partial charge in [-0.1, -0.05) is 45.9 Å². The number of piperidine rings is 1. The molecule has 3 aromatic carbocycles. The number of carbonyl (C=O) groups excluding carboxylic acids is 4. The van der Waals surface area contributed by atoms with Gasteiger partial charge < -0.3 is 35.9 Å².